The number of piperazine rings is 1. The SMILES string of the molecule is Cn1ccnc1CN1CCN(C(=O)c2cn(C3CCCCC3)nn2)CC1. The van der Waals surface area contributed by atoms with Gasteiger partial charge in [-0.05, 0) is 12.8 Å². The summed E-state index contributed by atoms with van der Waals surface area (Å²) in [6.45, 7) is 3.98. The molecule has 2 aromatic heterocycles. The third-order valence-corrected chi connectivity index (χ3v) is 5.62. The average molecular weight is 357 g/mol. The first-order valence-electron chi connectivity index (χ1n) is 9.60. The highest BCUT2D eigenvalue weighted by atomic mass is 16.2. The van der Waals surface area contributed by atoms with E-state index in [1.165, 1.54) is 19.3 Å². The van der Waals surface area contributed by atoms with Crippen LogP contribution in [0.3, 0.4) is 0 Å². The Kier molecular flexibility index (Phi) is 5.01. The predicted octanol–water partition coefficient (Wildman–Crippen LogP) is 1.47. The maximum Gasteiger partial charge on any atom is 0.276 e. The van der Waals surface area contributed by atoms with E-state index in [9.17, 15) is 4.79 Å². The first-order chi connectivity index (χ1) is 12.7. The molecule has 140 valence electrons. The summed E-state index contributed by atoms with van der Waals surface area (Å²) < 4.78 is 3.95. The smallest absolute Gasteiger partial charge is 0.276 e. The Labute approximate surface area is 153 Å². The molecule has 3 heterocycles. The Bertz CT molecular complexity index is 738. The van der Waals surface area contributed by atoms with E-state index in [4.69, 9.17) is 0 Å². The van der Waals surface area contributed by atoms with E-state index in [0.29, 0.717) is 11.7 Å². The molecule has 0 N–H and O–H groups in total. The van der Waals surface area contributed by atoms with E-state index in [1.807, 2.05) is 39.8 Å². The second-order valence-corrected chi connectivity index (χ2v) is 7.40. The second-order valence-electron chi connectivity index (χ2n) is 7.40. The van der Waals surface area contributed by atoms with Crippen molar-refractivity contribution < 1.29 is 4.79 Å². The van der Waals surface area contributed by atoms with Crippen LogP contribution in [-0.4, -0.2) is 66.4 Å². The summed E-state index contributed by atoms with van der Waals surface area (Å²) in [6.07, 6.45) is 11.7. The number of aryl methyl sites for hydroxylation is 1. The summed E-state index contributed by atoms with van der Waals surface area (Å²) in [6, 6.07) is 0.410. The van der Waals surface area contributed by atoms with Gasteiger partial charge in [0.25, 0.3) is 5.91 Å². The van der Waals surface area contributed by atoms with Crippen LogP contribution >= 0.6 is 0 Å². The zero-order chi connectivity index (χ0) is 17.9. The van der Waals surface area contributed by atoms with Crippen LogP contribution in [0.25, 0.3) is 0 Å². The summed E-state index contributed by atoms with van der Waals surface area (Å²) in [5.41, 5.74) is 0.480. The van der Waals surface area contributed by atoms with Crippen LogP contribution in [0.5, 0.6) is 0 Å². The van der Waals surface area contributed by atoms with E-state index >= 15 is 0 Å². The van der Waals surface area contributed by atoms with Gasteiger partial charge in [-0.1, -0.05) is 24.5 Å². The third-order valence-electron chi connectivity index (χ3n) is 5.62. The lowest BCUT2D eigenvalue weighted by molar-refractivity contribution is 0.0618. The topological polar surface area (TPSA) is 72.1 Å². The van der Waals surface area contributed by atoms with Crippen molar-refractivity contribution in [2.75, 3.05) is 26.2 Å². The van der Waals surface area contributed by atoms with E-state index in [0.717, 1.165) is 51.4 Å². The maximum absolute atomic E-state index is 12.7. The summed E-state index contributed by atoms with van der Waals surface area (Å²) in [5, 5.41) is 8.38. The average Bonchev–Trinajstić information content (AvgIpc) is 3.32. The third kappa shape index (κ3) is 3.65. The quantitative estimate of drug-likeness (QED) is 0.829. The molecule has 0 radical (unpaired) electrons. The number of aromatic nitrogens is 5. The Balaban J connectivity index is 1.32. The molecule has 0 spiro atoms. The van der Waals surface area contributed by atoms with Crippen molar-refractivity contribution >= 4 is 5.91 Å². The molecule has 0 bridgehead atoms. The zero-order valence-electron chi connectivity index (χ0n) is 15.4. The lowest BCUT2D eigenvalue weighted by Crippen LogP contribution is -2.48. The minimum atomic E-state index is 0.00343. The van der Waals surface area contributed by atoms with Gasteiger partial charge in [0.05, 0.1) is 18.8 Å². The molecule has 0 atom stereocenters. The van der Waals surface area contributed by atoms with Crippen molar-refractivity contribution in [3.63, 3.8) is 0 Å². The second kappa shape index (κ2) is 7.57. The number of hydrogen-bond acceptors (Lipinski definition) is 5. The molecular weight excluding hydrogens is 330 g/mol. The van der Waals surface area contributed by atoms with Crippen molar-refractivity contribution in [2.24, 2.45) is 7.05 Å². The molecule has 8 nitrogen and oxygen atoms in total. The van der Waals surface area contributed by atoms with Crippen LogP contribution in [0, 0.1) is 0 Å². The van der Waals surface area contributed by atoms with Gasteiger partial charge in [-0.2, -0.15) is 0 Å². The standard InChI is InChI=1S/C18H27N7O/c1-22-8-7-19-17(22)14-23-9-11-24(12-10-23)18(26)16-13-25(21-20-16)15-5-3-2-4-6-15/h7-8,13,15H,2-6,9-12,14H2,1H3. The van der Waals surface area contributed by atoms with Crippen molar-refractivity contribution in [2.45, 2.75) is 44.7 Å². The van der Waals surface area contributed by atoms with E-state index in [1.54, 1.807) is 0 Å². The highest BCUT2D eigenvalue weighted by molar-refractivity contribution is 5.92. The van der Waals surface area contributed by atoms with Gasteiger partial charge in [0.1, 0.15) is 5.82 Å². The number of amides is 1. The molecule has 1 aliphatic carbocycles. The number of carbonyl (C=O) groups is 1. The predicted molar refractivity (Wildman–Crippen MR) is 96.5 cm³/mol. The van der Waals surface area contributed by atoms with Gasteiger partial charge in [-0.15, -0.1) is 5.10 Å². The van der Waals surface area contributed by atoms with Gasteiger partial charge < -0.3 is 9.47 Å². The molecule has 1 saturated heterocycles. The first-order valence-corrected chi connectivity index (χ1v) is 9.60. The van der Waals surface area contributed by atoms with Crippen LogP contribution in [0.4, 0.5) is 0 Å². The number of imidazole rings is 1. The Hall–Kier alpha value is -2.22. The first kappa shape index (κ1) is 17.2. The lowest BCUT2D eigenvalue weighted by Gasteiger charge is -2.34. The highest BCUT2D eigenvalue weighted by Gasteiger charge is 2.26. The fourth-order valence-corrected chi connectivity index (χ4v) is 3.92. The largest absolute Gasteiger partial charge is 0.337 e. The molecule has 2 aliphatic rings. The van der Waals surface area contributed by atoms with E-state index in [2.05, 4.69) is 20.2 Å². The van der Waals surface area contributed by atoms with E-state index in [-0.39, 0.29) is 5.91 Å². The van der Waals surface area contributed by atoms with Gasteiger partial charge in [0, 0.05) is 45.6 Å². The number of nitrogens with zero attached hydrogens (tertiary/aromatic N) is 7. The normalized spacial score (nSPS) is 19.8. The molecule has 4 rings (SSSR count). The summed E-state index contributed by atoms with van der Waals surface area (Å²) >= 11 is 0. The van der Waals surface area contributed by atoms with Crippen molar-refractivity contribution in [3.8, 4) is 0 Å². The van der Waals surface area contributed by atoms with E-state index < -0.39 is 0 Å². The monoisotopic (exact) mass is 357 g/mol. The molecular formula is C18H27N7O. The highest BCUT2D eigenvalue weighted by Crippen LogP contribution is 2.27. The number of carbonyl (C=O) groups excluding carboxylic acids is 1. The Morgan fingerprint density at radius 3 is 2.62 bits per heavy atom. The van der Waals surface area contributed by atoms with Gasteiger partial charge in [0.2, 0.25) is 0 Å². The van der Waals surface area contributed by atoms with Crippen molar-refractivity contribution in [1.29, 1.82) is 0 Å². The Morgan fingerprint density at radius 1 is 1.15 bits per heavy atom. The molecule has 0 aromatic carbocycles. The maximum atomic E-state index is 12.7. The van der Waals surface area contributed by atoms with Crippen molar-refractivity contribution in [3.05, 3.63) is 30.1 Å². The van der Waals surface area contributed by atoms with Crippen LogP contribution in [0.15, 0.2) is 18.6 Å². The zero-order valence-corrected chi connectivity index (χ0v) is 15.4. The van der Waals surface area contributed by atoms with Gasteiger partial charge in [0.15, 0.2) is 5.69 Å². The molecule has 2 fully saturated rings. The minimum Gasteiger partial charge on any atom is -0.337 e. The van der Waals surface area contributed by atoms with Crippen LogP contribution in [0.1, 0.15) is 54.5 Å². The van der Waals surface area contributed by atoms with Crippen molar-refractivity contribution in [1.82, 2.24) is 34.3 Å². The fourth-order valence-electron chi connectivity index (χ4n) is 3.92. The number of rotatable bonds is 4. The molecule has 1 amide bonds. The summed E-state index contributed by atoms with van der Waals surface area (Å²) in [5.74, 6) is 1.06. The van der Waals surface area contributed by atoms with Gasteiger partial charge >= 0.3 is 0 Å². The molecule has 1 saturated carbocycles. The summed E-state index contributed by atoms with van der Waals surface area (Å²) in [7, 11) is 2.01. The fraction of sp³-hybridized carbons (Fsp3) is 0.667. The summed E-state index contributed by atoms with van der Waals surface area (Å²) in [4.78, 5) is 21.4. The molecule has 1 aliphatic heterocycles. The Morgan fingerprint density at radius 2 is 1.92 bits per heavy atom. The molecule has 8 heteroatoms. The van der Waals surface area contributed by atoms with Crippen LogP contribution < -0.4 is 0 Å². The van der Waals surface area contributed by atoms with Gasteiger partial charge in [-0.25, -0.2) is 9.67 Å². The molecule has 0 unspecified atom stereocenters. The molecule has 26 heavy (non-hydrogen) atoms. The van der Waals surface area contributed by atoms with Crippen LogP contribution in [-0.2, 0) is 13.6 Å². The lowest BCUT2D eigenvalue weighted by atomic mass is 9.96. The van der Waals surface area contributed by atoms with Crippen LogP contribution in [0.2, 0.25) is 0 Å². The van der Waals surface area contributed by atoms with Gasteiger partial charge in [-0.3, -0.25) is 9.69 Å². The number of hydrogen-bond donors (Lipinski definition) is 0. The molecule has 2 aromatic rings. The minimum absolute atomic E-state index is 0.00343.